The molecule has 0 heterocycles. The number of alkyl halides is 3. The van der Waals surface area contributed by atoms with Gasteiger partial charge in [0.25, 0.3) is 0 Å². The molecule has 11 heteroatoms. The zero-order chi connectivity index (χ0) is 21.5. The molecule has 2 aromatic carbocycles. The first-order valence-electron chi connectivity index (χ1n) is 8.13. The third kappa shape index (κ3) is 7.76. The zero-order valence-corrected chi connectivity index (χ0v) is 16.3. The van der Waals surface area contributed by atoms with E-state index in [1.54, 1.807) is 0 Å². The third-order valence-electron chi connectivity index (χ3n) is 3.38. The molecule has 0 atom stereocenters. The molecule has 6 nitrogen and oxygen atoms in total. The lowest BCUT2D eigenvalue weighted by Crippen LogP contribution is -2.34. The van der Waals surface area contributed by atoms with Crippen molar-refractivity contribution in [2.24, 2.45) is 0 Å². The van der Waals surface area contributed by atoms with Crippen LogP contribution in [0.25, 0.3) is 6.08 Å². The van der Waals surface area contributed by atoms with Gasteiger partial charge in [-0.1, -0.05) is 35.9 Å². The van der Waals surface area contributed by atoms with Crippen molar-refractivity contribution in [3.05, 3.63) is 65.2 Å². The first-order valence-corrected chi connectivity index (χ1v) is 9.99. The first kappa shape index (κ1) is 22.7. The van der Waals surface area contributed by atoms with E-state index >= 15 is 0 Å². The number of ether oxygens (including phenoxy) is 1. The Hall–Kier alpha value is -2.56. The molecular formula is C18H16ClF3N2O4S. The maximum absolute atomic E-state index is 12.4. The minimum absolute atomic E-state index is 0.0162. The fourth-order valence-corrected chi connectivity index (χ4v) is 3.48. The van der Waals surface area contributed by atoms with E-state index in [2.05, 4.69) is 14.8 Å². The van der Waals surface area contributed by atoms with E-state index in [0.29, 0.717) is 0 Å². The highest BCUT2D eigenvalue weighted by molar-refractivity contribution is 7.89. The Kier molecular flexibility index (Phi) is 7.66. The second kappa shape index (κ2) is 9.77. The lowest BCUT2D eigenvalue weighted by atomic mass is 10.2. The second-order valence-corrected chi connectivity index (χ2v) is 7.77. The summed E-state index contributed by atoms with van der Waals surface area (Å²) in [6.07, 6.45) is -2.68. The molecule has 29 heavy (non-hydrogen) atoms. The molecule has 156 valence electrons. The van der Waals surface area contributed by atoms with Gasteiger partial charge in [0.05, 0.1) is 4.90 Å². The Balaban J connectivity index is 1.86. The molecule has 2 aromatic rings. The smallest absolute Gasteiger partial charge is 0.405 e. The van der Waals surface area contributed by atoms with Crippen LogP contribution in [0.2, 0.25) is 5.02 Å². The summed E-state index contributed by atoms with van der Waals surface area (Å²) in [5.41, 5.74) is 0.0571. The number of halogens is 4. The summed E-state index contributed by atoms with van der Waals surface area (Å²) in [6, 6.07) is 11.0. The van der Waals surface area contributed by atoms with Crippen molar-refractivity contribution in [3.63, 3.8) is 0 Å². The van der Waals surface area contributed by atoms with Crippen LogP contribution in [0.5, 0.6) is 5.75 Å². The largest absolute Gasteiger partial charge is 0.573 e. The molecule has 0 aliphatic heterocycles. The van der Waals surface area contributed by atoms with Crippen LogP contribution in [0.1, 0.15) is 5.56 Å². The fraction of sp³-hybridized carbons (Fsp3) is 0.167. The van der Waals surface area contributed by atoms with Gasteiger partial charge in [-0.2, -0.15) is 0 Å². The summed E-state index contributed by atoms with van der Waals surface area (Å²) in [7, 11) is -3.79. The lowest BCUT2D eigenvalue weighted by Gasteiger charge is -2.11. The lowest BCUT2D eigenvalue weighted by molar-refractivity contribution is -0.274. The van der Waals surface area contributed by atoms with Crippen molar-refractivity contribution in [1.82, 2.24) is 10.0 Å². The van der Waals surface area contributed by atoms with Gasteiger partial charge in [0.15, 0.2) is 0 Å². The van der Waals surface area contributed by atoms with E-state index in [-0.39, 0.29) is 28.6 Å². The van der Waals surface area contributed by atoms with Crippen LogP contribution >= 0.6 is 11.6 Å². The number of rotatable bonds is 8. The molecule has 0 aliphatic rings. The Labute approximate surface area is 170 Å². The number of benzene rings is 2. The van der Waals surface area contributed by atoms with Crippen LogP contribution in [0, 0.1) is 0 Å². The van der Waals surface area contributed by atoms with Gasteiger partial charge in [-0.25, -0.2) is 13.1 Å². The van der Waals surface area contributed by atoms with Crippen LogP contribution < -0.4 is 14.8 Å². The quantitative estimate of drug-likeness (QED) is 0.479. The topological polar surface area (TPSA) is 84.5 Å². The van der Waals surface area contributed by atoms with Gasteiger partial charge in [-0.15, -0.1) is 13.2 Å². The molecule has 0 spiro atoms. The SMILES string of the molecule is O=C(/C=C/c1ccccc1OC(F)(F)F)NCCNS(=O)(=O)c1cccc(Cl)c1. The summed E-state index contributed by atoms with van der Waals surface area (Å²) in [4.78, 5) is 11.8. The fourth-order valence-electron chi connectivity index (χ4n) is 2.15. The Morgan fingerprint density at radius 2 is 1.83 bits per heavy atom. The summed E-state index contributed by atoms with van der Waals surface area (Å²) < 4.78 is 67.5. The van der Waals surface area contributed by atoms with E-state index < -0.39 is 28.0 Å². The van der Waals surface area contributed by atoms with E-state index in [0.717, 1.165) is 18.2 Å². The monoisotopic (exact) mass is 448 g/mol. The van der Waals surface area contributed by atoms with Crippen molar-refractivity contribution in [3.8, 4) is 5.75 Å². The standard InChI is InChI=1S/C18H16ClF3N2O4S/c19-14-5-3-6-15(12-14)29(26,27)24-11-10-23-17(25)9-8-13-4-1-2-7-16(13)28-18(20,21)22/h1-9,12,24H,10-11H2,(H,23,25)/b9-8+. The molecule has 2 N–H and O–H groups in total. The van der Waals surface area contributed by atoms with Crippen molar-refractivity contribution >= 4 is 33.6 Å². The number of carbonyl (C=O) groups is 1. The highest BCUT2D eigenvalue weighted by Crippen LogP contribution is 2.26. The maximum Gasteiger partial charge on any atom is 0.573 e. The Bertz CT molecular complexity index is 995. The molecule has 0 radical (unpaired) electrons. The van der Waals surface area contributed by atoms with Crippen molar-refractivity contribution in [2.45, 2.75) is 11.3 Å². The average Bonchev–Trinajstić information content (AvgIpc) is 2.63. The van der Waals surface area contributed by atoms with Gasteiger partial charge in [-0.3, -0.25) is 4.79 Å². The summed E-state index contributed by atoms with van der Waals surface area (Å²) in [5.74, 6) is -1.06. The zero-order valence-electron chi connectivity index (χ0n) is 14.7. The molecule has 0 aromatic heterocycles. The molecule has 0 unspecified atom stereocenters. The maximum atomic E-state index is 12.4. The third-order valence-corrected chi connectivity index (χ3v) is 5.08. The predicted octanol–water partition coefficient (Wildman–Crippen LogP) is 3.35. The minimum atomic E-state index is -4.85. The number of nitrogens with one attached hydrogen (secondary N) is 2. The molecular weight excluding hydrogens is 433 g/mol. The van der Waals surface area contributed by atoms with E-state index in [1.165, 1.54) is 42.5 Å². The molecule has 0 bridgehead atoms. The second-order valence-electron chi connectivity index (χ2n) is 5.57. The number of amides is 1. The van der Waals surface area contributed by atoms with Gasteiger partial charge in [0, 0.05) is 29.8 Å². The molecule has 2 rings (SSSR count). The molecule has 1 amide bonds. The first-order chi connectivity index (χ1) is 13.6. The minimum Gasteiger partial charge on any atom is -0.405 e. The van der Waals surface area contributed by atoms with Crippen molar-refractivity contribution in [2.75, 3.05) is 13.1 Å². The van der Waals surface area contributed by atoms with Crippen LogP contribution in [0.4, 0.5) is 13.2 Å². The predicted molar refractivity (Wildman–Crippen MR) is 102 cm³/mol. The summed E-state index contributed by atoms with van der Waals surface area (Å²) >= 11 is 5.76. The van der Waals surface area contributed by atoms with Crippen LogP contribution in [-0.4, -0.2) is 33.8 Å². The molecule has 0 saturated heterocycles. The number of hydrogen-bond donors (Lipinski definition) is 2. The van der Waals surface area contributed by atoms with Crippen molar-refractivity contribution < 1.29 is 31.1 Å². The number of carbonyl (C=O) groups excluding carboxylic acids is 1. The number of sulfonamides is 1. The average molecular weight is 449 g/mol. The van der Waals surface area contributed by atoms with Crippen LogP contribution in [0.3, 0.4) is 0 Å². The van der Waals surface area contributed by atoms with Gasteiger partial charge in [-0.05, 0) is 30.3 Å². The summed E-state index contributed by atoms with van der Waals surface area (Å²) in [6.45, 7) is -0.133. The normalized spacial score (nSPS) is 12.1. The summed E-state index contributed by atoms with van der Waals surface area (Å²) in [5, 5.41) is 2.68. The highest BCUT2D eigenvalue weighted by Gasteiger charge is 2.31. The number of para-hydroxylation sites is 1. The Morgan fingerprint density at radius 3 is 2.52 bits per heavy atom. The van der Waals surface area contributed by atoms with Crippen LogP contribution in [-0.2, 0) is 14.8 Å². The molecule has 0 aliphatic carbocycles. The Morgan fingerprint density at radius 1 is 1.10 bits per heavy atom. The van der Waals surface area contributed by atoms with Gasteiger partial charge in [0.1, 0.15) is 5.75 Å². The van der Waals surface area contributed by atoms with E-state index in [4.69, 9.17) is 11.6 Å². The molecule has 0 saturated carbocycles. The number of hydrogen-bond acceptors (Lipinski definition) is 4. The van der Waals surface area contributed by atoms with Crippen molar-refractivity contribution in [1.29, 1.82) is 0 Å². The van der Waals surface area contributed by atoms with E-state index in [1.807, 2.05) is 0 Å². The van der Waals surface area contributed by atoms with Gasteiger partial charge >= 0.3 is 6.36 Å². The van der Waals surface area contributed by atoms with Gasteiger partial charge in [0.2, 0.25) is 15.9 Å². The van der Waals surface area contributed by atoms with Crippen LogP contribution in [0.15, 0.2) is 59.5 Å². The molecule has 0 fully saturated rings. The highest BCUT2D eigenvalue weighted by atomic mass is 35.5. The van der Waals surface area contributed by atoms with E-state index in [9.17, 15) is 26.4 Å². The van der Waals surface area contributed by atoms with Gasteiger partial charge < -0.3 is 10.1 Å².